The summed E-state index contributed by atoms with van der Waals surface area (Å²) in [5, 5.41) is 3.89. The van der Waals surface area contributed by atoms with Crippen LogP contribution >= 0.6 is 15.9 Å². The monoisotopic (exact) mass is 280 g/mol. The molecule has 2 aromatic rings. The molecule has 0 N–H and O–H groups in total. The molecule has 0 fully saturated rings. The summed E-state index contributed by atoms with van der Waals surface area (Å²) in [6, 6.07) is 10.1. The first-order valence-corrected chi connectivity index (χ1v) is 5.86. The molecule has 1 aromatic heterocycles. The molecule has 1 heterocycles. The zero-order valence-electron chi connectivity index (χ0n) is 9.06. The van der Waals surface area contributed by atoms with Gasteiger partial charge in [-0.2, -0.15) is 0 Å². The number of benzene rings is 1. The van der Waals surface area contributed by atoms with E-state index >= 15 is 0 Å². The van der Waals surface area contributed by atoms with E-state index < -0.39 is 0 Å². The van der Waals surface area contributed by atoms with E-state index in [0.29, 0.717) is 0 Å². The van der Waals surface area contributed by atoms with Gasteiger partial charge in [-0.3, -0.25) is 4.90 Å². The summed E-state index contributed by atoms with van der Waals surface area (Å²) in [5.41, 5.74) is 2.23. The maximum absolute atomic E-state index is 4.80. The SMILES string of the molecule is CN(Cc1ccon1)Cc1ccccc1Br. The summed E-state index contributed by atoms with van der Waals surface area (Å²) in [6.45, 7) is 1.67. The Kier molecular flexibility index (Phi) is 3.74. The van der Waals surface area contributed by atoms with Crippen molar-refractivity contribution in [2.45, 2.75) is 13.1 Å². The Morgan fingerprint density at radius 1 is 1.25 bits per heavy atom. The van der Waals surface area contributed by atoms with E-state index in [2.05, 4.69) is 45.2 Å². The van der Waals surface area contributed by atoms with Crippen LogP contribution in [0, 0.1) is 0 Å². The Bertz CT molecular complexity index is 442. The second-order valence-corrected chi connectivity index (χ2v) is 4.61. The Morgan fingerprint density at radius 3 is 2.75 bits per heavy atom. The van der Waals surface area contributed by atoms with Crippen LogP contribution in [0.15, 0.2) is 45.6 Å². The van der Waals surface area contributed by atoms with Gasteiger partial charge in [-0.05, 0) is 18.7 Å². The molecule has 0 aliphatic carbocycles. The predicted molar refractivity (Wildman–Crippen MR) is 65.8 cm³/mol. The largest absolute Gasteiger partial charge is 0.364 e. The number of rotatable bonds is 4. The molecule has 0 radical (unpaired) electrons. The van der Waals surface area contributed by atoms with Crippen LogP contribution in [0.4, 0.5) is 0 Å². The predicted octanol–water partition coefficient (Wildman–Crippen LogP) is 3.07. The minimum Gasteiger partial charge on any atom is -0.364 e. The highest BCUT2D eigenvalue weighted by atomic mass is 79.9. The highest BCUT2D eigenvalue weighted by molar-refractivity contribution is 9.10. The number of hydrogen-bond donors (Lipinski definition) is 0. The third kappa shape index (κ3) is 2.93. The smallest absolute Gasteiger partial charge is 0.124 e. The van der Waals surface area contributed by atoms with Crippen molar-refractivity contribution in [3.05, 3.63) is 52.3 Å². The molecular formula is C12H13BrN2O. The molecule has 0 saturated heterocycles. The van der Waals surface area contributed by atoms with E-state index in [1.165, 1.54) is 5.56 Å². The standard InChI is InChI=1S/C12H13BrN2O/c1-15(9-11-6-7-16-14-11)8-10-4-2-3-5-12(10)13/h2-7H,8-9H2,1H3. The van der Waals surface area contributed by atoms with E-state index in [9.17, 15) is 0 Å². The zero-order chi connectivity index (χ0) is 11.4. The molecule has 0 aliphatic heterocycles. The van der Waals surface area contributed by atoms with Gasteiger partial charge in [0.2, 0.25) is 0 Å². The summed E-state index contributed by atoms with van der Waals surface area (Å²) in [5.74, 6) is 0. The Labute approximate surface area is 103 Å². The van der Waals surface area contributed by atoms with Crippen molar-refractivity contribution >= 4 is 15.9 Å². The van der Waals surface area contributed by atoms with Crippen LogP contribution in [0.1, 0.15) is 11.3 Å². The second kappa shape index (κ2) is 5.27. The molecule has 0 bridgehead atoms. The minimum absolute atomic E-state index is 0.790. The first-order valence-electron chi connectivity index (χ1n) is 5.07. The number of hydrogen-bond acceptors (Lipinski definition) is 3. The summed E-state index contributed by atoms with van der Waals surface area (Å²) < 4.78 is 5.94. The topological polar surface area (TPSA) is 29.3 Å². The van der Waals surface area contributed by atoms with Gasteiger partial charge in [0.25, 0.3) is 0 Å². The van der Waals surface area contributed by atoms with Gasteiger partial charge < -0.3 is 4.52 Å². The van der Waals surface area contributed by atoms with Crippen molar-refractivity contribution in [2.75, 3.05) is 7.05 Å². The molecule has 3 nitrogen and oxygen atoms in total. The first-order chi connectivity index (χ1) is 7.75. The van der Waals surface area contributed by atoms with Gasteiger partial charge in [0.15, 0.2) is 0 Å². The van der Waals surface area contributed by atoms with Gasteiger partial charge in [-0.15, -0.1) is 0 Å². The lowest BCUT2D eigenvalue weighted by Gasteiger charge is -2.15. The Balaban J connectivity index is 1.97. The summed E-state index contributed by atoms with van der Waals surface area (Å²) in [4.78, 5) is 2.19. The molecule has 0 saturated carbocycles. The average molecular weight is 281 g/mol. The molecule has 0 atom stereocenters. The van der Waals surface area contributed by atoms with Crippen molar-refractivity contribution in [3.63, 3.8) is 0 Å². The van der Waals surface area contributed by atoms with Crippen LogP contribution in [0.25, 0.3) is 0 Å². The lowest BCUT2D eigenvalue weighted by atomic mass is 10.2. The van der Waals surface area contributed by atoms with Crippen molar-refractivity contribution in [2.24, 2.45) is 0 Å². The molecule has 0 amide bonds. The lowest BCUT2D eigenvalue weighted by Crippen LogP contribution is -2.17. The van der Waals surface area contributed by atoms with Gasteiger partial charge >= 0.3 is 0 Å². The van der Waals surface area contributed by atoms with Gasteiger partial charge in [-0.1, -0.05) is 39.3 Å². The van der Waals surface area contributed by atoms with E-state index in [0.717, 1.165) is 23.3 Å². The second-order valence-electron chi connectivity index (χ2n) is 3.75. The van der Waals surface area contributed by atoms with Gasteiger partial charge in [-0.25, -0.2) is 0 Å². The summed E-state index contributed by atoms with van der Waals surface area (Å²) in [6.07, 6.45) is 1.60. The highest BCUT2D eigenvalue weighted by Gasteiger charge is 2.05. The van der Waals surface area contributed by atoms with Crippen LogP contribution in [0.5, 0.6) is 0 Å². The van der Waals surface area contributed by atoms with E-state index in [1.54, 1.807) is 6.26 Å². The molecule has 4 heteroatoms. The third-order valence-corrected chi connectivity index (χ3v) is 3.09. The van der Waals surface area contributed by atoms with Crippen molar-refractivity contribution in [3.8, 4) is 0 Å². The van der Waals surface area contributed by atoms with Gasteiger partial charge in [0, 0.05) is 23.6 Å². The van der Waals surface area contributed by atoms with Crippen molar-refractivity contribution in [1.29, 1.82) is 0 Å². The maximum Gasteiger partial charge on any atom is 0.124 e. The van der Waals surface area contributed by atoms with Crippen molar-refractivity contribution < 1.29 is 4.52 Å². The summed E-state index contributed by atoms with van der Waals surface area (Å²) in [7, 11) is 2.06. The van der Waals surface area contributed by atoms with Gasteiger partial charge in [0.05, 0.1) is 5.69 Å². The summed E-state index contributed by atoms with van der Waals surface area (Å²) >= 11 is 3.54. The fourth-order valence-corrected chi connectivity index (χ4v) is 1.98. The van der Waals surface area contributed by atoms with Crippen LogP contribution in [-0.2, 0) is 13.1 Å². The first kappa shape index (κ1) is 11.4. The van der Waals surface area contributed by atoms with Crippen LogP contribution in [-0.4, -0.2) is 17.1 Å². The van der Waals surface area contributed by atoms with Crippen molar-refractivity contribution in [1.82, 2.24) is 10.1 Å². The molecule has 1 aromatic carbocycles. The van der Waals surface area contributed by atoms with Crippen LogP contribution in [0.3, 0.4) is 0 Å². The lowest BCUT2D eigenvalue weighted by molar-refractivity contribution is 0.303. The maximum atomic E-state index is 4.80. The fraction of sp³-hybridized carbons (Fsp3) is 0.250. The molecule has 0 spiro atoms. The Morgan fingerprint density at radius 2 is 2.06 bits per heavy atom. The van der Waals surface area contributed by atoms with Crippen LogP contribution in [0.2, 0.25) is 0 Å². The zero-order valence-corrected chi connectivity index (χ0v) is 10.6. The van der Waals surface area contributed by atoms with E-state index in [1.807, 2.05) is 18.2 Å². The molecule has 0 unspecified atom stereocenters. The molecule has 2 rings (SSSR count). The highest BCUT2D eigenvalue weighted by Crippen LogP contribution is 2.17. The third-order valence-electron chi connectivity index (χ3n) is 2.32. The number of nitrogens with zero attached hydrogens (tertiary/aromatic N) is 2. The van der Waals surface area contributed by atoms with Gasteiger partial charge in [0.1, 0.15) is 6.26 Å². The molecule has 16 heavy (non-hydrogen) atoms. The number of halogens is 1. The average Bonchev–Trinajstić information content (AvgIpc) is 2.74. The van der Waals surface area contributed by atoms with E-state index in [-0.39, 0.29) is 0 Å². The molecular weight excluding hydrogens is 268 g/mol. The molecule has 84 valence electrons. The Hall–Kier alpha value is -1.13. The fourth-order valence-electron chi connectivity index (χ4n) is 1.57. The van der Waals surface area contributed by atoms with Crippen LogP contribution < -0.4 is 0 Å². The minimum atomic E-state index is 0.790. The normalized spacial score (nSPS) is 10.9. The van der Waals surface area contributed by atoms with E-state index in [4.69, 9.17) is 4.52 Å². The number of aromatic nitrogens is 1. The molecule has 0 aliphatic rings. The quantitative estimate of drug-likeness (QED) is 0.862.